The predicted molar refractivity (Wildman–Crippen MR) is 131 cm³/mol. The zero-order valence-corrected chi connectivity index (χ0v) is 20.0. The lowest BCUT2D eigenvalue weighted by molar-refractivity contribution is 0.244. The van der Waals surface area contributed by atoms with E-state index in [0.717, 1.165) is 56.6 Å². The molecule has 2 aromatic rings. The van der Waals surface area contributed by atoms with Crippen LogP contribution >= 0.6 is 0 Å². The summed E-state index contributed by atoms with van der Waals surface area (Å²) in [6, 6.07) is 13.4. The Labute approximate surface area is 189 Å². The molecule has 3 heteroatoms. The highest BCUT2D eigenvalue weighted by molar-refractivity contribution is 5.45. The quantitative estimate of drug-likeness (QED) is 0.509. The molecule has 1 saturated carbocycles. The molecule has 0 spiro atoms. The Morgan fingerprint density at radius 3 is 2.48 bits per heavy atom. The van der Waals surface area contributed by atoms with Gasteiger partial charge in [-0.3, -0.25) is 4.90 Å². The van der Waals surface area contributed by atoms with Crippen molar-refractivity contribution in [2.75, 3.05) is 13.2 Å². The monoisotopic (exact) mass is 420 g/mol. The van der Waals surface area contributed by atoms with E-state index < -0.39 is 0 Å². The Morgan fingerprint density at radius 2 is 1.81 bits per heavy atom. The second kappa shape index (κ2) is 11.4. The van der Waals surface area contributed by atoms with Crippen molar-refractivity contribution in [3.8, 4) is 5.75 Å². The Hall–Kier alpha value is -2.26. The van der Waals surface area contributed by atoms with E-state index in [0.29, 0.717) is 0 Å². The molecule has 2 aliphatic rings. The van der Waals surface area contributed by atoms with Crippen LogP contribution in [0.25, 0.3) is 0 Å². The van der Waals surface area contributed by atoms with Crippen LogP contribution in [-0.2, 0) is 26.1 Å². The number of allylic oxidation sites excluding steroid dienone is 1. The van der Waals surface area contributed by atoms with Crippen LogP contribution in [0.2, 0.25) is 0 Å². The minimum Gasteiger partial charge on any atom is -0.493 e. The molecule has 0 aromatic heterocycles. The largest absolute Gasteiger partial charge is 0.493 e. The van der Waals surface area contributed by atoms with Gasteiger partial charge in [0.25, 0.3) is 0 Å². The van der Waals surface area contributed by atoms with Gasteiger partial charge in [-0.25, -0.2) is 0 Å². The molecule has 0 bridgehead atoms. The van der Waals surface area contributed by atoms with Crippen LogP contribution in [0.4, 0.5) is 0 Å². The number of rotatable bonds is 9. The number of nitrogens with one attached hydrogen (secondary N) is 1. The molecule has 1 fully saturated rings. The molecule has 168 valence electrons. The molecule has 0 amide bonds. The second-order valence-corrected chi connectivity index (χ2v) is 8.82. The first-order valence-corrected chi connectivity index (χ1v) is 12.0. The molecular formula is C28H40N2O. The first-order valence-electron chi connectivity index (χ1n) is 12.0. The van der Waals surface area contributed by atoms with E-state index in [1.54, 1.807) is 0 Å². The number of benzene rings is 2. The molecule has 0 unspecified atom stereocenters. The first kappa shape index (κ1) is 23.4. The fourth-order valence-electron chi connectivity index (χ4n) is 4.18. The third-order valence-corrected chi connectivity index (χ3v) is 6.22. The van der Waals surface area contributed by atoms with Crippen LogP contribution in [0.1, 0.15) is 67.9 Å². The topological polar surface area (TPSA) is 24.5 Å². The van der Waals surface area contributed by atoms with E-state index in [1.165, 1.54) is 47.1 Å². The normalized spacial score (nSPS) is 15.5. The molecule has 1 aliphatic heterocycles. The first-order chi connectivity index (χ1) is 15.1. The highest BCUT2D eigenvalue weighted by Gasteiger charge is 2.22. The average molecular weight is 421 g/mol. The van der Waals surface area contributed by atoms with Crippen molar-refractivity contribution >= 4 is 0 Å². The molecule has 0 saturated heterocycles. The Bertz CT molecular complexity index is 852. The van der Waals surface area contributed by atoms with E-state index in [1.807, 2.05) is 20.8 Å². The van der Waals surface area contributed by atoms with Crippen LogP contribution in [0.5, 0.6) is 5.75 Å². The van der Waals surface area contributed by atoms with Gasteiger partial charge in [-0.15, -0.1) is 0 Å². The van der Waals surface area contributed by atoms with Gasteiger partial charge in [-0.1, -0.05) is 63.6 Å². The van der Waals surface area contributed by atoms with Crippen molar-refractivity contribution in [2.24, 2.45) is 5.92 Å². The highest BCUT2D eigenvalue weighted by atomic mass is 16.5. The summed E-state index contributed by atoms with van der Waals surface area (Å²) >= 11 is 0. The standard InChI is InChI=1S/C26H34N2O.C2H6/c1-19(2)27-16-22-6-8-23(9-7-22)17-28-14-12-25-20(3)26(11-10-24(25)18-28)29-15-13-21-4-5-21;1-2/h6-11,21,27H,1,4-5,12-18H2,2-3H3;1-2H3. The van der Waals surface area contributed by atoms with E-state index in [-0.39, 0.29) is 0 Å². The van der Waals surface area contributed by atoms with Crippen LogP contribution in [0.15, 0.2) is 48.7 Å². The molecular weight excluding hydrogens is 380 g/mol. The minimum absolute atomic E-state index is 0.844. The zero-order valence-electron chi connectivity index (χ0n) is 20.0. The number of hydrogen-bond donors (Lipinski definition) is 1. The van der Waals surface area contributed by atoms with Crippen LogP contribution in [0, 0.1) is 12.8 Å². The predicted octanol–water partition coefficient (Wildman–Crippen LogP) is 6.38. The Balaban J connectivity index is 0.00000132. The smallest absolute Gasteiger partial charge is 0.122 e. The van der Waals surface area contributed by atoms with Crippen LogP contribution in [0.3, 0.4) is 0 Å². The summed E-state index contributed by atoms with van der Waals surface area (Å²) < 4.78 is 6.10. The van der Waals surface area contributed by atoms with Crippen molar-refractivity contribution < 1.29 is 4.74 Å². The summed E-state index contributed by atoms with van der Waals surface area (Å²) in [5.41, 5.74) is 8.01. The maximum Gasteiger partial charge on any atom is 0.122 e. The van der Waals surface area contributed by atoms with E-state index >= 15 is 0 Å². The fraction of sp³-hybridized carbons (Fsp3) is 0.500. The zero-order chi connectivity index (χ0) is 22.2. The van der Waals surface area contributed by atoms with Gasteiger partial charge < -0.3 is 10.1 Å². The molecule has 31 heavy (non-hydrogen) atoms. The fourth-order valence-corrected chi connectivity index (χ4v) is 4.18. The minimum atomic E-state index is 0.844. The number of nitrogens with zero attached hydrogens (tertiary/aromatic N) is 1. The van der Waals surface area contributed by atoms with Crippen molar-refractivity contribution in [3.05, 3.63) is 76.5 Å². The highest BCUT2D eigenvalue weighted by Crippen LogP contribution is 2.33. The summed E-state index contributed by atoms with van der Waals surface area (Å²) in [4.78, 5) is 2.55. The van der Waals surface area contributed by atoms with Gasteiger partial charge in [0.15, 0.2) is 0 Å². The summed E-state index contributed by atoms with van der Waals surface area (Å²) in [5.74, 6) is 2.02. The van der Waals surface area contributed by atoms with Crippen LogP contribution < -0.4 is 10.1 Å². The molecule has 1 aliphatic carbocycles. The lowest BCUT2D eigenvalue weighted by atomic mass is 9.94. The Kier molecular flexibility index (Phi) is 8.60. The lowest BCUT2D eigenvalue weighted by Crippen LogP contribution is -2.30. The molecule has 3 nitrogen and oxygen atoms in total. The van der Waals surface area contributed by atoms with E-state index in [4.69, 9.17) is 4.74 Å². The summed E-state index contributed by atoms with van der Waals surface area (Å²) in [7, 11) is 0. The number of ether oxygens (including phenoxy) is 1. The maximum atomic E-state index is 6.10. The van der Waals surface area contributed by atoms with Crippen molar-refractivity contribution in [2.45, 2.75) is 73.0 Å². The summed E-state index contributed by atoms with van der Waals surface area (Å²) in [6.07, 6.45) is 5.13. The van der Waals surface area contributed by atoms with Gasteiger partial charge in [0.1, 0.15) is 5.75 Å². The van der Waals surface area contributed by atoms with E-state index in [2.05, 4.69) is 60.1 Å². The second-order valence-electron chi connectivity index (χ2n) is 8.82. The molecule has 2 aromatic carbocycles. The van der Waals surface area contributed by atoms with Crippen molar-refractivity contribution in [1.82, 2.24) is 10.2 Å². The SMILES string of the molecule is C=C(C)NCc1ccc(CN2CCc3c(ccc(OCCC4CC4)c3C)C2)cc1.CC. The molecule has 0 radical (unpaired) electrons. The lowest BCUT2D eigenvalue weighted by Gasteiger charge is -2.30. The Morgan fingerprint density at radius 1 is 1.10 bits per heavy atom. The maximum absolute atomic E-state index is 6.10. The van der Waals surface area contributed by atoms with Crippen molar-refractivity contribution in [3.63, 3.8) is 0 Å². The van der Waals surface area contributed by atoms with Crippen molar-refractivity contribution in [1.29, 1.82) is 0 Å². The average Bonchev–Trinajstić information content (AvgIpc) is 3.61. The number of hydrogen-bond acceptors (Lipinski definition) is 3. The third kappa shape index (κ3) is 6.87. The molecule has 1 heterocycles. The van der Waals surface area contributed by atoms with Gasteiger partial charge in [-0.05, 0) is 66.5 Å². The molecule has 4 rings (SSSR count). The van der Waals surface area contributed by atoms with Gasteiger partial charge in [0, 0.05) is 31.9 Å². The van der Waals surface area contributed by atoms with Gasteiger partial charge in [0.05, 0.1) is 6.61 Å². The van der Waals surface area contributed by atoms with Crippen LogP contribution in [-0.4, -0.2) is 18.1 Å². The van der Waals surface area contributed by atoms with Gasteiger partial charge in [0.2, 0.25) is 0 Å². The van der Waals surface area contributed by atoms with Gasteiger partial charge in [-0.2, -0.15) is 0 Å². The van der Waals surface area contributed by atoms with Gasteiger partial charge >= 0.3 is 0 Å². The molecule has 1 N–H and O–H groups in total. The summed E-state index contributed by atoms with van der Waals surface area (Å²) in [5, 5.41) is 3.29. The third-order valence-electron chi connectivity index (χ3n) is 6.22. The summed E-state index contributed by atoms with van der Waals surface area (Å²) in [6.45, 7) is 17.0. The number of fused-ring (bicyclic) bond motifs is 1. The van der Waals surface area contributed by atoms with E-state index in [9.17, 15) is 0 Å². The molecule has 0 atom stereocenters.